The first-order chi connectivity index (χ1) is 10.6. The highest BCUT2D eigenvalue weighted by atomic mass is 32.2. The van der Waals surface area contributed by atoms with Crippen LogP contribution in [0.4, 0.5) is 16.2 Å². The number of amides is 2. The van der Waals surface area contributed by atoms with Crippen molar-refractivity contribution < 1.29 is 9.00 Å². The van der Waals surface area contributed by atoms with E-state index < -0.39 is 10.8 Å². The van der Waals surface area contributed by atoms with Crippen LogP contribution in [-0.2, 0) is 10.8 Å². The van der Waals surface area contributed by atoms with Crippen LogP contribution in [0.5, 0.6) is 0 Å². The topological polar surface area (TPSA) is 49.4 Å². The number of para-hydroxylation sites is 2. The molecule has 2 amide bonds. The van der Waals surface area contributed by atoms with Crippen LogP contribution in [0.2, 0.25) is 0 Å². The number of rotatable bonds is 5. The summed E-state index contributed by atoms with van der Waals surface area (Å²) in [7, 11) is -0.962. The maximum absolute atomic E-state index is 12.6. The van der Waals surface area contributed by atoms with E-state index in [0.29, 0.717) is 6.54 Å². The van der Waals surface area contributed by atoms with Crippen molar-refractivity contribution in [1.82, 2.24) is 5.32 Å². The molecule has 0 unspecified atom stereocenters. The second kappa shape index (κ2) is 7.75. The van der Waals surface area contributed by atoms with Gasteiger partial charge in [0.1, 0.15) is 0 Å². The minimum absolute atomic E-state index is 0.0858. The molecule has 4 nitrogen and oxygen atoms in total. The summed E-state index contributed by atoms with van der Waals surface area (Å²) in [5, 5.41) is 2.77. The number of hydrogen-bond acceptors (Lipinski definition) is 2. The van der Waals surface area contributed by atoms with Gasteiger partial charge in [-0.3, -0.25) is 9.11 Å². The minimum Gasteiger partial charge on any atom is -0.336 e. The first-order valence-electron chi connectivity index (χ1n) is 7.10. The molecule has 0 heterocycles. The van der Waals surface area contributed by atoms with Crippen molar-refractivity contribution in [3.63, 3.8) is 0 Å². The van der Waals surface area contributed by atoms with Gasteiger partial charge in [0.2, 0.25) is 0 Å². The molecule has 0 bridgehead atoms. The second-order valence-corrected chi connectivity index (χ2v) is 6.80. The fourth-order valence-corrected chi connectivity index (χ4v) is 2.28. The van der Waals surface area contributed by atoms with Crippen molar-refractivity contribution in [2.45, 2.75) is 12.2 Å². The number of carbonyl (C=O) groups excluding carboxylic acids is 1. The summed E-state index contributed by atoms with van der Waals surface area (Å²) in [6.07, 6.45) is 1.64. The lowest BCUT2D eigenvalue weighted by Gasteiger charge is -2.24. The number of benzene rings is 2. The summed E-state index contributed by atoms with van der Waals surface area (Å²) in [5.41, 5.74) is 1.58. The van der Waals surface area contributed by atoms with E-state index in [1.54, 1.807) is 11.2 Å². The monoisotopic (exact) mass is 316 g/mol. The summed E-state index contributed by atoms with van der Waals surface area (Å²) < 4.78 is 11.4. The SMILES string of the molecule is C[C@@H](CNC(=O)N(c1ccccc1)c1ccccc1)[S@](C)=O. The Kier molecular flexibility index (Phi) is 5.72. The molecule has 1 N–H and O–H groups in total. The molecule has 0 fully saturated rings. The van der Waals surface area contributed by atoms with Gasteiger partial charge >= 0.3 is 6.03 Å². The molecule has 0 saturated heterocycles. The largest absolute Gasteiger partial charge is 0.336 e. The molecule has 0 aliphatic carbocycles. The van der Waals surface area contributed by atoms with Crippen LogP contribution < -0.4 is 10.2 Å². The van der Waals surface area contributed by atoms with E-state index in [4.69, 9.17) is 0 Å². The molecular formula is C17H20N2O2S. The average Bonchev–Trinajstić information content (AvgIpc) is 2.54. The van der Waals surface area contributed by atoms with Crippen molar-refractivity contribution in [3.8, 4) is 0 Å². The van der Waals surface area contributed by atoms with Crippen LogP contribution in [0.1, 0.15) is 6.92 Å². The van der Waals surface area contributed by atoms with Gasteiger partial charge in [0, 0.05) is 28.9 Å². The maximum atomic E-state index is 12.6. The first kappa shape index (κ1) is 16.2. The predicted molar refractivity (Wildman–Crippen MR) is 92.0 cm³/mol. The highest BCUT2D eigenvalue weighted by Crippen LogP contribution is 2.24. The summed E-state index contributed by atoms with van der Waals surface area (Å²) in [5.74, 6) is 0. The number of hydrogen-bond donors (Lipinski definition) is 1. The minimum atomic E-state index is -0.962. The smallest absolute Gasteiger partial charge is 0.326 e. The molecule has 2 atom stereocenters. The molecule has 0 aliphatic heterocycles. The van der Waals surface area contributed by atoms with E-state index in [9.17, 15) is 9.00 Å². The molecule has 2 rings (SSSR count). The third kappa shape index (κ3) is 4.18. The Morgan fingerprint density at radius 2 is 1.50 bits per heavy atom. The number of carbonyl (C=O) groups is 1. The van der Waals surface area contributed by atoms with Crippen molar-refractivity contribution in [2.75, 3.05) is 17.7 Å². The van der Waals surface area contributed by atoms with Crippen LogP contribution in [-0.4, -0.2) is 28.3 Å². The van der Waals surface area contributed by atoms with Gasteiger partial charge in [-0.1, -0.05) is 36.4 Å². The quantitative estimate of drug-likeness (QED) is 0.920. The summed E-state index contributed by atoms with van der Waals surface area (Å²) in [6.45, 7) is 2.23. The number of urea groups is 1. The highest BCUT2D eigenvalue weighted by Gasteiger charge is 2.18. The van der Waals surface area contributed by atoms with Crippen molar-refractivity contribution >= 4 is 28.2 Å². The van der Waals surface area contributed by atoms with Crippen molar-refractivity contribution in [3.05, 3.63) is 60.7 Å². The van der Waals surface area contributed by atoms with Gasteiger partial charge in [0.05, 0.1) is 11.4 Å². The van der Waals surface area contributed by atoms with Crippen LogP contribution >= 0.6 is 0 Å². The lowest BCUT2D eigenvalue weighted by molar-refractivity contribution is 0.248. The maximum Gasteiger partial charge on any atom is 0.326 e. The van der Waals surface area contributed by atoms with Gasteiger partial charge in [0.25, 0.3) is 0 Å². The molecule has 0 aliphatic rings. The predicted octanol–water partition coefficient (Wildman–Crippen LogP) is 3.30. The fourth-order valence-electron chi connectivity index (χ4n) is 1.97. The van der Waals surface area contributed by atoms with Gasteiger partial charge in [-0.25, -0.2) is 4.79 Å². The van der Waals surface area contributed by atoms with E-state index in [1.807, 2.05) is 67.6 Å². The molecule has 0 saturated carbocycles. The zero-order valence-electron chi connectivity index (χ0n) is 12.7. The van der Waals surface area contributed by atoms with E-state index in [1.165, 1.54) is 0 Å². The Balaban J connectivity index is 2.22. The van der Waals surface area contributed by atoms with E-state index in [-0.39, 0.29) is 11.3 Å². The van der Waals surface area contributed by atoms with Gasteiger partial charge in [-0.05, 0) is 31.2 Å². The van der Waals surface area contributed by atoms with Crippen LogP contribution in [0.15, 0.2) is 60.7 Å². The number of nitrogens with one attached hydrogen (secondary N) is 1. The Bertz CT molecular complexity index is 592. The third-order valence-corrected chi connectivity index (χ3v) is 4.64. The van der Waals surface area contributed by atoms with Gasteiger partial charge in [-0.2, -0.15) is 0 Å². The van der Waals surface area contributed by atoms with E-state index >= 15 is 0 Å². The molecule has 5 heteroatoms. The Morgan fingerprint density at radius 3 is 1.91 bits per heavy atom. The third-order valence-electron chi connectivity index (χ3n) is 3.34. The van der Waals surface area contributed by atoms with E-state index in [2.05, 4.69) is 5.32 Å². The molecule has 0 spiro atoms. The summed E-state index contributed by atoms with van der Waals surface area (Å²) in [6, 6.07) is 18.7. The standard InChI is InChI=1S/C17H20N2O2S/c1-14(22(2)21)13-18-17(20)19(15-9-5-3-6-10-15)16-11-7-4-8-12-16/h3-12,14H,13H2,1-2H3,(H,18,20)/t14-,22-/m0/s1. The molecule has 22 heavy (non-hydrogen) atoms. The molecule has 116 valence electrons. The highest BCUT2D eigenvalue weighted by molar-refractivity contribution is 7.84. The lowest BCUT2D eigenvalue weighted by Crippen LogP contribution is -2.40. The van der Waals surface area contributed by atoms with Crippen molar-refractivity contribution in [1.29, 1.82) is 0 Å². The first-order valence-corrected chi connectivity index (χ1v) is 8.72. The lowest BCUT2D eigenvalue weighted by atomic mass is 10.2. The fraction of sp³-hybridized carbons (Fsp3) is 0.235. The Labute approximate surface area is 133 Å². The number of anilines is 2. The number of nitrogens with zero attached hydrogens (tertiary/aromatic N) is 1. The molecule has 0 aromatic heterocycles. The normalized spacial score (nSPS) is 13.2. The van der Waals surface area contributed by atoms with Gasteiger partial charge in [0.15, 0.2) is 0 Å². The molecule has 0 radical (unpaired) electrons. The van der Waals surface area contributed by atoms with Crippen LogP contribution in [0, 0.1) is 0 Å². The van der Waals surface area contributed by atoms with Gasteiger partial charge < -0.3 is 5.32 Å². The second-order valence-electron chi connectivity index (χ2n) is 5.00. The summed E-state index contributed by atoms with van der Waals surface area (Å²) >= 11 is 0. The van der Waals surface area contributed by atoms with Crippen LogP contribution in [0.25, 0.3) is 0 Å². The zero-order chi connectivity index (χ0) is 15.9. The Hall–Kier alpha value is -2.14. The van der Waals surface area contributed by atoms with Crippen molar-refractivity contribution in [2.24, 2.45) is 0 Å². The summed E-state index contributed by atoms with van der Waals surface area (Å²) in [4.78, 5) is 14.2. The molecular weight excluding hydrogens is 296 g/mol. The Morgan fingerprint density at radius 1 is 1.05 bits per heavy atom. The van der Waals surface area contributed by atoms with E-state index in [0.717, 1.165) is 11.4 Å². The van der Waals surface area contributed by atoms with Crippen LogP contribution in [0.3, 0.4) is 0 Å². The molecule has 2 aromatic carbocycles. The van der Waals surface area contributed by atoms with Gasteiger partial charge in [-0.15, -0.1) is 0 Å². The molecule has 2 aromatic rings. The zero-order valence-corrected chi connectivity index (χ0v) is 13.5. The average molecular weight is 316 g/mol.